The third-order valence-corrected chi connectivity index (χ3v) is 6.15. The van der Waals surface area contributed by atoms with E-state index in [4.69, 9.17) is 9.72 Å². The number of piperazine rings is 1. The second-order valence-corrected chi connectivity index (χ2v) is 8.22. The van der Waals surface area contributed by atoms with Crippen LogP contribution in [0.15, 0.2) is 24.5 Å². The summed E-state index contributed by atoms with van der Waals surface area (Å²) < 4.78 is 5.68. The Kier molecular flexibility index (Phi) is 5.75. The van der Waals surface area contributed by atoms with E-state index in [-0.39, 0.29) is 0 Å². The van der Waals surface area contributed by atoms with Crippen LogP contribution in [0.2, 0.25) is 0 Å². The fraction of sp³-hybridized carbons (Fsp3) is 0.500. The van der Waals surface area contributed by atoms with Crippen LogP contribution in [0.5, 0.6) is 5.75 Å². The number of imidazole rings is 1. The van der Waals surface area contributed by atoms with Crippen LogP contribution in [0.4, 0.5) is 23.1 Å². The molecule has 3 heterocycles. The van der Waals surface area contributed by atoms with Crippen LogP contribution in [0.3, 0.4) is 0 Å². The number of aromatic amines is 1. The van der Waals surface area contributed by atoms with Crippen LogP contribution in [0.1, 0.15) is 32.1 Å². The van der Waals surface area contributed by atoms with Gasteiger partial charge in [0.2, 0.25) is 5.95 Å². The molecule has 1 aliphatic heterocycles. The van der Waals surface area contributed by atoms with Gasteiger partial charge in [-0.2, -0.15) is 9.97 Å². The fourth-order valence-electron chi connectivity index (χ4n) is 4.46. The Hall–Kier alpha value is -3.07. The highest BCUT2D eigenvalue weighted by atomic mass is 16.5. The van der Waals surface area contributed by atoms with Crippen LogP contribution in [-0.4, -0.2) is 59.3 Å². The van der Waals surface area contributed by atoms with Crippen molar-refractivity contribution in [3.8, 4) is 5.75 Å². The maximum Gasteiger partial charge on any atom is 0.231 e. The quantitative estimate of drug-likeness (QED) is 0.480. The molecule has 1 aromatic carbocycles. The molecule has 0 unspecified atom stereocenters. The third kappa shape index (κ3) is 4.36. The fourth-order valence-corrected chi connectivity index (χ4v) is 4.46. The molecule has 0 spiro atoms. The highest BCUT2D eigenvalue weighted by Crippen LogP contribution is 2.32. The van der Waals surface area contributed by atoms with E-state index in [2.05, 4.69) is 47.9 Å². The summed E-state index contributed by atoms with van der Waals surface area (Å²) in [6, 6.07) is 6.66. The van der Waals surface area contributed by atoms with Gasteiger partial charge in [0, 0.05) is 44.0 Å². The number of aromatic nitrogens is 4. The minimum atomic E-state index is 0.441. The van der Waals surface area contributed by atoms with E-state index in [0.29, 0.717) is 17.6 Å². The lowest BCUT2D eigenvalue weighted by molar-refractivity contribution is 0.416. The van der Waals surface area contributed by atoms with Crippen LogP contribution >= 0.6 is 0 Å². The smallest absolute Gasteiger partial charge is 0.231 e. The number of nitrogens with zero attached hydrogens (tertiary/aromatic N) is 4. The van der Waals surface area contributed by atoms with Crippen LogP contribution in [0, 0.1) is 0 Å². The lowest BCUT2D eigenvalue weighted by atomic mass is 9.95. The van der Waals surface area contributed by atoms with Gasteiger partial charge in [-0.25, -0.2) is 4.98 Å². The summed E-state index contributed by atoms with van der Waals surface area (Å²) in [7, 11) is 1.69. The highest BCUT2D eigenvalue weighted by Gasteiger charge is 2.18. The van der Waals surface area contributed by atoms with Crippen molar-refractivity contribution in [3.05, 3.63) is 24.5 Å². The predicted molar refractivity (Wildman–Crippen MR) is 124 cm³/mol. The second kappa shape index (κ2) is 8.97. The van der Waals surface area contributed by atoms with Crippen molar-refractivity contribution in [2.24, 2.45) is 0 Å². The normalized spacial score (nSPS) is 17.6. The molecule has 2 aliphatic rings. The summed E-state index contributed by atoms with van der Waals surface area (Å²) in [5, 5.41) is 10.3. The maximum atomic E-state index is 5.68. The molecule has 2 fully saturated rings. The van der Waals surface area contributed by atoms with Gasteiger partial charge in [0.05, 0.1) is 19.1 Å². The molecule has 0 bridgehead atoms. The number of benzene rings is 1. The van der Waals surface area contributed by atoms with Crippen molar-refractivity contribution >= 4 is 34.3 Å². The molecule has 2 aromatic heterocycles. The molecule has 3 aromatic rings. The number of ether oxygens (including phenoxy) is 1. The molecule has 31 heavy (non-hydrogen) atoms. The number of H-pyrrole nitrogens is 1. The summed E-state index contributed by atoms with van der Waals surface area (Å²) in [6.07, 6.45) is 7.84. The molecule has 0 radical (unpaired) electrons. The zero-order valence-electron chi connectivity index (χ0n) is 17.9. The second-order valence-electron chi connectivity index (χ2n) is 8.22. The molecule has 164 valence electrons. The SMILES string of the molecule is COc1cc(N2CCNCC2)ccc1Nc1nc(NC2CCCCC2)c2[nH]cnc2n1. The number of rotatable bonds is 6. The summed E-state index contributed by atoms with van der Waals surface area (Å²) >= 11 is 0. The molecule has 9 heteroatoms. The highest BCUT2D eigenvalue weighted by molar-refractivity contribution is 5.84. The predicted octanol–water partition coefficient (Wildman–Crippen LogP) is 3.26. The Balaban J connectivity index is 1.40. The van der Waals surface area contributed by atoms with E-state index >= 15 is 0 Å². The number of hydrogen-bond donors (Lipinski definition) is 4. The molecular formula is C22H30N8O. The van der Waals surface area contributed by atoms with Crippen LogP contribution in [0.25, 0.3) is 11.2 Å². The van der Waals surface area contributed by atoms with E-state index in [1.807, 2.05) is 6.07 Å². The molecule has 4 N–H and O–H groups in total. The van der Waals surface area contributed by atoms with Crippen molar-refractivity contribution in [1.82, 2.24) is 25.3 Å². The van der Waals surface area contributed by atoms with Gasteiger partial charge in [-0.1, -0.05) is 19.3 Å². The number of nitrogens with one attached hydrogen (secondary N) is 4. The summed E-state index contributed by atoms with van der Waals surface area (Å²) in [4.78, 5) is 19.3. The summed E-state index contributed by atoms with van der Waals surface area (Å²) in [5.41, 5.74) is 3.48. The Bertz CT molecular complexity index is 1020. The third-order valence-electron chi connectivity index (χ3n) is 6.15. The Morgan fingerprint density at radius 2 is 1.94 bits per heavy atom. The van der Waals surface area contributed by atoms with Gasteiger partial charge in [0.25, 0.3) is 0 Å². The molecule has 1 aliphatic carbocycles. The Morgan fingerprint density at radius 3 is 2.74 bits per heavy atom. The molecule has 9 nitrogen and oxygen atoms in total. The molecule has 1 saturated heterocycles. The van der Waals surface area contributed by atoms with Crippen molar-refractivity contribution in [2.75, 3.05) is 48.8 Å². The Morgan fingerprint density at radius 1 is 1.10 bits per heavy atom. The molecular weight excluding hydrogens is 392 g/mol. The summed E-state index contributed by atoms with van der Waals surface area (Å²) in [5.74, 6) is 2.07. The number of hydrogen-bond acceptors (Lipinski definition) is 8. The average Bonchev–Trinajstić information content (AvgIpc) is 3.30. The first-order valence-electron chi connectivity index (χ1n) is 11.2. The van der Waals surface area contributed by atoms with Crippen molar-refractivity contribution in [3.63, 3.8) is 0 Å². The molecule has 5 rings (SSSR count). The Labute approximate surface area is 182 Å². The minimum Gasteiger partial charge on any atom is -0.494 e. The lowest BCUT2D eigenvalue weighted by Gasteiger charge is -2.30. The van der Waals surface area contributed by atoms with Gasteiger partial charge in [-0.15, -0.1) is 0 Å². The summed E-state index contributed by atoms with van der Waals surface area (Å²) in [6.45, 7) is 3.98. The maximum absolute atomic E-state index is 5.68. The van der Waals surface area contributed by atoms with E-state index < -0.39 is 0 Å². The van der Waals surface area contributed by atoms with Crippen molar-refractivity contribution in [2.45, 2.75) is 38.1 Å². The number of fused-ring (bicyclic) bond motifs is 1. The first-order valence-corrected chi connectivity index (χ1v) is 11.2. The molecule has 1 saturated carbocycles. The first-order chi connectivity index (χ1) is 15.3. The van der Waals surface area contributed by atoms with Crippen LogP contribution < -0.4 is 25.6 Å². The van der Waals surface area contributed by atoms with Crippen molar-refractivity contribution < 1.29 is 4.74 Å². The van der Waals surface area contributed by atoms with Crippen LogP contribution in [-0.2, 0) is 0 Å². The van der Waals surface area contributed by atoms with Gasteiger partial charge < -0.3 is 30.6 Å². The van der Waals surface area contributed by atoms with Gasteiger partial charge in [0.15, 0.2) is 11.5 Å². The zero-order chi connectivity index (χ0) is 21.0. The van der Waals surface area contributed by atoms with E-state index in [1.54, 1.807) is 13.4 Å². The standard InChI is InChI=1S/C22H30N8O/c1-31-18-13-16(30-11-9-23-10-12-30)7-8-17(18)27-22-28-20-19(24-14-25-20)21(29-22)26-15-5-3-2-4-6-15/h7-8,13-15,23H,2-6,9-12H2,1H3,(H3,24,25,26,27,28,29). The first kappa shape index (κ1) is 19.9. The van der Waals surface area contributed by atoms with Gasteiger partial charge >= 0.3 is 0 Å². The van der Waals surface area contributed by atoms with Gasteiger partial charge in [-0.05, 0) is 25.0 Å². The number of anilines is 4. The molecule has 0 atom stereocenters. The average molecular weight is 423 g/mol. The van der Waals surface area contributed by atoms with E-state index in [0.717, 1.165) is 54.6 Å². The number of methoxy groups -OCH3 is 1. The lowest BCUT2D eigenvalue weighted by Crippen LogP contribution is -2.43. The topological polar surface area (TPSA) is 103 Å². The monoisotopic (exact) mass is 422 g/mol. The van der Waals surface area contributed by atoms with E-state index in [9.17, 15) is 0 Å². The van der Waals surface area contributed by atoms with E-state index in [1.165, 1.54) is 32.1 Å². The zero-order valence-corrected chi connectivity index (χ0v) is 17.9. The van der Waals surface area contributed by atoms with Gasteiger partial charge in [0.1, 0.15) is 11.3 Å². The largest absolute Gasteiger partial charge is 0.494 e. The van der Waals surface area contributed by atoms with Gasteiger partial charge in [-0.3, -0.25) is 0 Å². The molecule has 0 amide bonds. The van der Waals surface area contributed by atoms with Crippen molar-refractivity contribution in [1.29, 1.82) is 0 Å². The minimum absolute atomic E-state index is 0.441.